The van der Waals surface area contributed by atoms with Crippen molar-refractivity contribution in [3.8, 4) is 0 Å². The van der Waals surface area contributed by atoms with Crippen LogP contribution >= 0.6 is 0 Å². The highest BCUT2D eigenvalue weighted by atomic mass is 14.8. The molecule has 2 nitrogen and oxygen atoms in total. The summed E-state index contributed by atoms with van der Waals surface area (Å²) in [5, 5.41) is 4.55. The summed E-state index contributed by atoms with van der Waals surface area (Å²) in [6.07, 6.45) is 3.34. The normalized spacial score (nSPS) is 12.6. The number of hydrogen-bond acceptors (Lipinski definition) is 2. The van der Waals surface area contributed by atoms with Crippen molar-refractivity contribution in [1.82, 2.24) is 4.98 Å². The maximum atomic E-state index is 4.76. The Morgan fingerprint density at radius 1 is 1.21 bits per heavy atom. The molecule has 1 atom stereocenters. The smallest absolute Gasteiger partial charge is 0.0726 e. The summed E-state index contributed by atoms with van der Waals surface area (Å²) in [4.78, 5) is 4.76. The molecule has 0 saturated heterocycles. The number of hydrogen-bond donors (Lipinski definition) is 1. The number of aryl methyl sites for hydroxylation is 1. The summed E-state index contributed by atoms with van der Waals surface area (Å²) in [5.41, 5.74) is 4.87. The molecule has 1 aromatic carbocycles. The topological polar surface area (TPSA) is 24.9 Å². The molecule has 0 radical (unpaired) electrons. The van der Waals surface area contributed by atoms with Crippen LogP contribution in [0.2, 0.25) is 0 Å². The van der Waals surface area contributed by atoms with Crippen molar-refractivity contribution >= 4 is 16.6 Å². The van der Waals surface area contributed by atoms with Crippen molar-refractivity contribution in [3.05, 3.63) is 35.5 Å². The molecular weight excluding hydrogens is 232 g/mol. The summed E-state index contributed by atoms with van der Waals surface area (Å²) in [6, 6.07) is 8.86. The average Bonchev–Trinajstić information content (AvgIpc) is 2.45. The molecule has 2 heteroatoms. The van der Waals surface area contributed by atoms with Gasteiger partial charge in [-0.25, -0.2) is 0 Å². The number of anilines is 1. The Labute approximate surface area is 116 Å². The first-order valence-electron chi connectivity index (χ1n) is 7.30. The third-order valence-corrected chi connectivity index (χ3v) is 3.84. The number of benzene rings is 1. The van der Waals surface area contributed by atoms with E-state index < -0.39 is 0 Å². The van der Waals surface area contributed by atoms with Gasteiger partial charge in [-0.3, -0.25) is 4.98 Å². The quantitative estimate of drug-likeness (QED) is 0.835. The number of nitrogens with zero attached hydrogens (tertiary/aromatic N) is 1. The van der Waals surface area contributed by atoms with Gasteiger partial charge in [0.15, 0.2) is 0 Å². The summed E-state index contributed by atoms with van der Waals surface area (Å²) in [7, 11) is 1.99. The van der Waals surface area contributed by atoms with Crippen LogP contribution in [0.4, 0.5) is 5.69 Å². The van der Waals surface area contributed by atoms with E-state index in [-0.39, 0.29) is 0 Å². The van der Waals surface area contributed by atoms with Crippen molar-refractivity contribution in [3.63, 3.8) is 0 Å². The van der Waals surface area contributed by atoms with Crippen LogP contribution in [0.15, 0.2) is 24.3 Å². The van der Waals surface area contributed by atoms with Gasteiger partial charge in [0.2, 0.25) is 0 Å². The number of pyridine rings is 1. The molecule has 1 heterocycles. The summed E-state index contributed by atoms with van der Waals surface area (Å²) in [6.45, 7) is 6.70. The van der Waals surface area contributed by atoms with E-state index >= 15 is 0 Å². The lowest BCUT2D eigenvalue weighted by atomic mass is 9.96. The molecule has 0 bridgehead atoms. The molecule has 19 heavy (non-hydrogen) atoms. The minimum absolute atomic E-state index is 0.601. The maximum absolute atomic E-state index is 4.76. The molecule has 2 rings (SSSR count). The van der Waals surface area contributed by atoms with E-state index in [0.717, 1.165) is 18.4 Å². The van der Waals surface area contributed by atoms with Crippen LogP contribution in [0, 0.1) is 0 Å². The van der Waals surface area contributed by atoms with Gasteiger partial charge in [0.25, 0.3) is 0 Å². The van der Waals surface area contributed by atoms with Crippen LogP contribution in [-0.4, -0.2) is 12.0 Å². The van der Waals surface area contributed by atoms with E-state index in [9.17, 15) is 0 Å². The lowest BCUT2D eigenvalue weighted by molar-refractivity contribution is 0.734. The molecule has 1 unspecified atom stereocenters. The SMILES string of the molecule is CCCc1cc(NC)c2cc(C(C)CC)ccc2n1. The fourth-order valence-corrected chi connectivity index (χ4v) is 2.43. The second kappa shape index (κ2) is 6.05. The van der Waals surface area contributed by atoms with Crippen molar-refractivity contribution in [2.24, 2.45) is 0 Å². The van der Waals surface area contributed by atoms with Gasteiger partial charge in [0.05, 0.1) is 5.52 Å². The Morgan fingerprint density at radius 2 is 2.00 bits per heavy atom. The Balaban J connectivity index is 2.55. The molecule has 0 aliphatic rings. The summed E-state index contributed by atoms with van der Waals surface area (Å²) in [5.74, 6) is 0.601. The highest BCUT2D eigenvalue weighted by molar-refractivity contribution is 5.92. The number of rotatable bonds is 5. The third-order valence-electron chi connectivity index (χ3n) is 3.84. The Morgan fingerprint density at radius 3 is 2.63 bits per heavy atom. The van der Waals surface area contributed by atoms with Gasteiger partial charge in [-0.1, -0.05) is 33.3 Å². The van der Waals surface area contributed by atoms with Crippen LogP contribution in [-0.2, 0) is 6.42 Å². The Kier molecular flexibility index (Phi) is 4.41. The summed E-state index contributed by atoms with van der Waals surface area (Å²) < 4.78 is 0. The minimum atomic E-state index is 0.601. The van der Waals surface area contributed by atoms with Gasteiger partial charge < -0.3 is 5.32 Å². The van der Waals surface area contributed by atoms with Crippen molar-refractivity contribution < 1.29 is 0 Å². The zero-order valence-corrected chi connectivity index (χ0v) is 12.5. The monoisotopic (exact) mass is 256 g/mol. The molecular formula is C17H24N2. The number of fused-ring (bicyclic) bond motifs is 1. The lowest BCUT2D eigenvalue weighted by Gasteiger charge is -2.13. The summed E-state index contributed by atoms with van der Waals surface area (Å²) >= 11 is 0. The Hall–Kier alpha value is -1.57. The Bertz CT molecular complexity index is 560. The van der Waals surface area contributed by atoms with Gasteiger partial charge in [0.1, 0.15) is 0 Å². The first-order chi connectivity index (χ1) is 9.19. The molecule has 102 valence electrons. The fraction of sp³-hybridized carbons (Fsp3) is 0.471. The predicted octanol–water partition coefficient (Wildman–Crippen LogP) is 4.74. The molecule has 0 aliphatic heterocycles. The molecule has 1 aromatic heterocycles. The van der Waals surface area contributed by atoms with E-state index in [2.05, 4.69) is 50.4 Å². The zero-order chi connectivity index (χ0) is 13.8. The lowest BCUT2D eigenvalue weighted by Crippen LogP contribution is -1.98. The third kappa shape index (κ3) is 2.89. The molecule has 2 aromatic rings. The second-order valence-electron chi connectivity index (χ2n) is 5.25. The van der Waals surface area contributed by atoms with Crippen LogP contribution in [0.3, 0.4) is 0 Å². The molecule has 0 amide bonds. The predicted molar refractivity (Wildman–Crippen MR) is 84.0 cm³/mol. The first-order valence-corrected chi connectivity index (χ1v) is 7.30. The van der Waals surface area contributed by atoms with Crippen LogP contribution < -0.4 is 5.32 Å². The van der Waals surface area contributed by atoms with Crippen molar-refractivity contribution in [2.75, 3.05) is 12.4 Å². The van der Waals surface area contributed by atoms with Crippen molar-refractivity contribution in [1.29, 1.82) is 0 Å². The van der Waals surface area contributed by atoms with E-state index in [4.69, 9.17) is 4.98 Å². The largest absolute Gasteiger partial charge is 0.388 e. The zero-order valence-electron chi connectivity index (χ0n) is 12.5. The number of nitrogens with one attached hydrogen (secondary N) is 1. The standard InChI is InChI=1S/C17H24N2/c1-5-7-14-11-17(18-4)15-10-13(12(3)6-2)8-9-16(15)19-14/h8-12H,5-7H2,1-4H3,(H,18,19). The van der Waals surface area contributed by atoms with Gasteiger partial charge in [-0.15, -0.1) is 0 Å². The molecule has 0 aliphatic carbocycles. The molecule has 0 fully saturated rings. The highest BCUT2D eigenvalue weighted by Crippen LogP contribution is 2.28. The van der Waals surface area contributed by atoms with E-state index in [0.29, 0.717) is 5.92 Å². The molecule has 0 spiro atoms. The highest BCUT2D eigenvalue weighted by Gasteiger charge is 2.08. The first kappa shape index (κ1) is 13.9. The van der Waals surface area contributed by atoms with Gasteiger partial charge in [-0.2, -0.15) is 0 Å². The average molecular weight is 256 g/mol. The second-order valence-corrected chi connectivity index (χ2v) is 5.25. The minimum Gasteiger partial charge on any atom is -0.388 e. The van der Waals surface area contributed by atoms with E-state index in [1.54, 1.807) is 0 Å². The van der Waals surface area contributed by atoms with E-state index in [1.165, 1.54) is 28.8 Å². The van der Waals surface area contributed by atoms with E-state index in [1.807, 2.05) is 7.05 Å². The van der Waals surface area contributed by atoms with Gasteiger partial charge in [0, 0.05) is 23.8 Å². The molecule has 1 N–H and O–H groups in total. The van der Waals surface area contributed by atoms with Crippen LogP contribution in [0.5, 0.6) is 0 Å². The van der Waals surface area contributed by atoms with Crippen LogP contribution in [0.1, 0.15) is 50.8 Å². The maximum Gasteiger partial charge on any atom is 0.0726 e. The van der Waals surface area contributed by atoms with Gasteiger partial charge in [-0.05, 0) is 42.5 Å². The van der Waals surface area contributed by atoms with Gasteiger partial charge >= 0.3 is 0 Å². The molecule has 0 saturated carbocycles. The number of aromatic nitrogens is 1. The van der Waals surface area contributed by atoms with Crippen molar-refractivity contribution in [2.45, 2.75) is 46.0 Å². The fourth-order valence-electron chi connectivity index (χ4n) is 2.43. The van der Waals surface area contributed by atoms with Crippen LogP contribution in [0.25, 0.3) is 10.9 Å².